The molecule has 0 radical (unpaired) electrons. The summed E-state index contributed by atoms with van der Waals surface area (Å²) in [6, 6.07) is 5.66. The van der Waals surface area contributed by atoms with Crippen LogP contribution in [0.25, 0.3) is 11.4 Å². The zero-order chi connectivity index (χ0) is 18.6. The number of pyridine rings is 1. The number of piperidine rings is 1. The molecule has 0 unspecified atom stereocenters. The minimum Gasteiger partial charge on any atom is -0.339 e. The number of carbonyl (C=O) groups excluding carboxylic acids is 1. The number of nitrogens with zero attached hydrogens (tertiary/aromatic N) is 4. The highest BCUT2D eigenvalue weighted by molar-refractivity contribution is 7.98. The molecule has 140 valence electrons. The van der Waals surface area contributed by atoms with Crippen LogP contribution >= 0.6 is 23.1 Å². The van der Waals surface area contributed by atoms with E-state index in [1.165, 1.54) is 11.8 Å². The number of thioether (sulfide) groups is 1. The van der Waals surface area contributed by atoms with E-state index in [1.54, 1.807) is 17.5 Å². The van der Waals surface area contributed by atoms with E-state index in [9.17, 15) is 4.79 Å². The Morgan fingerprint density at radius 2 is 2.37 bits per heavy atom. The summed E-state index contributed by atoms with van der Waals surface area (Å²) in [6.45, 7) is 1.49. The van der Waals surface area contributed by atoms with Crippen LogP contribution < -0.4 is 0 Å². The molecular formula is C19H20N4O2S2. The predicted octanol–water partition coefficient (Wildman–Crippen LogP) is 4.01. The van der Waals surface area contributed by atoms with E-state index in [0.29, 0.717) is 36.2 Å². The molecule has 3 aromatic rings. The molecule has 1 fully saturated rings. The van der Waals surface area contributed by atoms with Gasteiger partial charge in [-0.25, -0.2) is 4.98 Å². The van der Waals surface area contributed by atoms with Crippen LogP contribution in [0.1, 0.15) is 29.1 Å². The molecule has 4 rings (SSSR count). The van der Waals surface area contributed by atoms with Crippen molar-refractivity contribution in [3.63, 3.8) is 0 Å². The van der Waals surface area contributed by atoms with Crippen molar-refractivity contribution in [2.45, 2.75) is 24.3 Å². The van der Waals surface area contributed by atoms with Crippen LogP contribution in [0, 0.1) is 5.92 Å². The van der Waals surface area contributed by atoms with Gasteiger partial charge in [-0.3, -0.25) is 4.79 Å². The molecule has 1 atom stereocenters. The first-order valence-corrected chi connectivity index (χ1v) is 11.0. The Morgan fingerprint density at radius 1 is 1.44 bits per heavy atom. The lowest BCUT2D eigenvalue weighted by atomic mass is 9.94. The largest absolute Gasteiger partial charge is 0.339 e. The molecule has 0 aromatic carbocycles. The first-order valence-electron chi connectivity index (χ1n) is 8.88. The van der Waals surface area contributed by atoms with Gasteiger partial charge in [0.2, 0.25) is 11.7 Å². The number of hydrogen-bond donors (Lipinski definition) is 0. The van der Waals surface area contributed by atoms with Crippen molar-refractivity contribution in [1.82, 2.24) is 20.0 Å². The van der Waals surface area contributed by atoms with Crippen LogP contribution in [0.3, 0.4) is 0 Å². The Labute approximate surface area is 166 Å². The molecule has 0 aliphatic carbocycles. The van der Waals surface area contributed by atoms with Crippen LogP contribution in [0.4, 0.5) is 0 Å². The number of carbonyl (C=O) groups is 1. The number of thiophene rings is 1. The van der Waals surface area contributed by atoms with Crippen molar-refractivity contribution in [3.8, 4) is 11.4 Å². The van der Waals surface area contributed by atoms with Gasteiger partial charge in [-0.15, -0.1) is 11.8 Å². The number of rotatable bonds is 5. The van der Waals surface area contributed by atoms with Crippen LogP contribution in [0.2, 0.25) is 0 Å². The highest BCUT2D eigenvalue weighted by Crippen LogP contribution is 2.25. The van der Waals surface area contributed by atoms with Crippen molar-refractivity contribution in [2.24, 2.45) is 5.92 Å². The van der Waals surface area contributed by atoms with E-state index in [1.807, 2.05) is 40.1 Å². The molecule has 1 amide bonds. The lowest BCUT2D eigenvalue weighted by molar-refractivity contribution is 0.0664. The second kappa shape index (κ2) is 8.22. The molecule has 6 nitrogen and oxygen atoms in total. The maximum Gasteiger partial charge on any atom is 0.256 e. The van der Waals surface area contributed by atoms with Gasteiger partial charge in [-0.2, -0.15) is 16.3 Å². The number of hydrogen-bond acceptors (Lipinski definition) is 7. The monoisotopic (exact) mass is 400 g/mol. The zero-order valence-electron chi connectivity index (χ0n) is 15.0. The van der Waals surface area contributed by atoms with Crippen LogP contribution in [0.5, 0.6) is 0 Å². The van der Waals surface area contributed by atoms with Crippen molar-refractivity contribution in [1.29, 1.82) is 0 Å². The fraction of sp³-hybridized carbons (Fsp3) is 0.368. The zero-order valence-corrected chi connectivity index (χ0v) is 16.6. The highest BCUT2D eigenvalue weighted by atomic mass is 32.2. The van der Waals surface area contributed by atoms with Gasteiger partial charge in [-0.05, 0) is 48.6 Å². The lowest BCUT2D eigenvalue weighted by Gasteiger charge is -2.32. The Balaban J connectivity index is 1.43. The maximum absolute atomic E-state index is 13.0. The minimum absolute atomic E-state index is 0.0571. The average Bonchev–Trinajstić information content (AvgIpc) is 3.39. The molecule has 1 aliphatic heterocycles. The van der Waals surface area contributed by atoms with Gasteiger partial charge in [-0.1, -0.05) is 5.16 Å². The van der Waals surface area contributed by atoms with Gasteiger partial charge in [0, 0.05) is 36.7 Å². The number of aromatic nitrogens is 3. The first-order chi connectivity index (χ1) is 13.2. The Morgan fingerprint density at radius 3 is 3.19 bits per heavy atom. The average molecular weight is 401 g/mol. The summed E-state index contributed by atoms with van der Waals surface area (Å²) in [6.07, 6.45) is 6.41. The molecular weight excluding hydrogens is 380 g/mol. The third-order valence-corrected chi connectivity index (χ3v) is 6.11. The quantitative estimate of drug-likeness (QED) is 0.603. The standard InChI is InChI=1S/C19H20N4O2S2/c1-26-18-15(5-2-7-20-18)19(24)23-8-3-4-13(11-23)10-16-21-17(22-25-16)14-6-9-27-12-14/h2,5-7,9,12-13H,3-4,8,10-11H2,1H3/t13-/m0/s1. The molecule has 0 spiro atoms. The second-order valence-corrected chi connectivity index (χ2v) is 8.12. The molecule has 0 N–H and O–H groups in total. The van der Waals surface area contributed by atoms with Gasteiger partial charge < -0.3 is 9.42 Å². The van der Waals surface area contributed by atoms with Crippen LogP contribution in [-0.2, 0) is 6.42 Å². The molecule has 1 aliphatic rings. The van der Waals surface area contributed by atoms with Crippen LogP contribution in [0.15, 0.2) is 44.7 Å². The van der Waals surface area contributed by atoms with E-state index < -0.39 is 0 Å². The third kappa shape index (κ3) is 4.06. The van der Waals surface area contributed by atoms with Gasteiger partial charge in [0.1, 0.15) is 5.03 Å². The van der Waals surface area contributed by atoms with Gasteiger partial charge in [0.15, 0.2) is 0 Å². The lowest BCUT2D eigenvalue weighted by Crippen LogP contribution is -2.40. The van der Waals surface area contributed by atoms with Crippen molar-refractivity contribution in [2.75, 3.05) is 19.3 Å². The third-order valence-electron chi connectivity index (χ3n) is 4.71. The van der Waals surface area contributed by atoms with Crippen molar-refractivity contribution in [3.05, 3.63) is 46.6 Å². The van der Waals surface area contributed by atoms with E-state index in [2.05, 4.69) is 15.1 Å². The second-order valence-electron chi connectivity index (χ2n) is 6.55. The summed E-state index contributed by atoms with van der Waals surface area (Å²) in [5.74, 6) is 1.66. The number of amides is 1. The Bertz CT molecular complexity index is 910. The summed E-state index contributed by atoms with van der Waals surface area (Å²) in [5.41, 5.74) is 1.67. The fourth-order valence-electron chi connectivity index (χ4n) is 3.40. The Kier molecular flexibility index (Phi) is 5.54. The molecule has 0 bridgehead atoms. The summed E-state index contributed by atoms with van der Waals surface area (Å²) in [4.78, 5) is 23.7. The summed E-state index contributed by atoms with van der Waals surface area (Å²) >= 11 is 3.11. The van der Waals surface area contributed by atoms with Gasteiger partial charge in [0.25, 0.3) is 5.91 Å². The van der Waals surface area contributed by atoms with E-state index >= 15 is 0 Å². The fourth-order valence-corrected chi connectivity index (χ4v) is 4.57. The van der Waals surface area contributed by atoms with E-state index in [4.69, 9.17) is 4.52 Å². The molecule has 1 saturated heterocycles. The van der Waals surface area contributed by atoms with Crippen LogP contribution in [-0.4, -0.2) is 45.3 Å². The molecule has 8 heteroatoms. The summed E-state index contributed by atoms with van der Waals surface area (Å²) in [5, 5.41) is 8.86. The van der Waals surface area contributed by atoms with E-state index in [-0.39, 0.29) is 5.91 Å². The normalized spacial score (nSPS) is 17.2. The smallest absolute Gasteiger partial charge is 0.256 e. The number of likely N-dealkylation sites (tertiary alicyclic amines) is 1. The van der Waals surface area contributed by atoms with Crippen molar-refractivity contribution >= 4 is 29.0 Å². The topological polar surface area (TPSA) is 72.1 Å². The molecule has 0 saturated carbocycles. The molecule has 3 aromatic heterocycles. The van der Waals surface area contributed by atoms with E-state index in [0.717, 1.165) is 30.0 Å². The van der Waals surface area contributed by atoms with Crippen molar-refractivity contribution < 1.29 is 9.32 Å². The summed E-state index contributed by atoms with van der Waals surface area (Å²) < 4.78 is 5.43. The Hall–Kier alpha value is -2.19. The minimum atomic E-state index is 0.0571. The molecule has 4 heterocycles. The SMILES string of the molecule is CSc1ncccc1C(=O)N1CCC[C@@H](Cc2nc(-c3ccsc3)no2)C1. The van der Waals surface area contributed by atoms with Gasteiger partial charge in [0.05, 0.1) is 5.56 Å². The van der Waals surface area contributed by atoms with Gasteiger partial charge >= 0.3 is 0 Å². The first kappa shape index (κ1) is 18.2. The maximum atomic E-state index is 13.0. The molecule has 27 heavy (non-hydrogen) atoms. The highest BCUT2D eigenvalue weighted by Gasteiger charge is 2.27. The predicted molar refractivity (Wildman–Crippen MR) is 106 cm³/mol. The summed E-state index contributed by atoms with van der Waals surface area (Å²) in [7, 11) is 0.